The Morgan fingerprint density at radius 1 is 1.02 bits per heavy atom. The zero-order valence-corrected chi connectivity index (χ0v) is 23.7. The smallest absolute Gasteiger partial charge is 0.243 e. The molecule has 4 rings (SSSR count). The fourth-order valence-corrected chi connectivity index (χ4v) is 4.88. The fourth-order valence-electron chi connectivity index (χ4n) is 4.88. The number of nitrogens with two attached hydrogens (primary N) is 1. The van der Waals surface area contributed by atoms with Crippen molar-refractivity contribution in [2.24, 2.45) is 5.73 Å². The molecule has 236 valence electrons. The van der Waals surface area contributed by atoms with Gasteiger partial charge in [-0.25, -0.2) is 0 Å². The van der Waals surface area contributed by atoms with Crippen LogP contribution in [0.25, 0.3) is 10.9 Å². The highest BCUT2D eigenvalue weighted by molar-refractivity contribution is 5.89. The minimum absolute atomic E-state index is 0.0405. The number of rotatable bonds is 16. The van der Waals surface area contributed by atoms with Crippen LogP contribution in [0.5, 0.6) is 11.6 Å². The number of hydrogen-bond donors (Lipinski definition) is 8. The molecule has 0 aliphatic carbocycles. The van der Waals surface area contributed by atoms with Gasteiger partial charge in [-0.15, -0.1) is 5.10 Å². The van der Waals surface area contributed by atoms with Crippen LogP contribution >= 0.6 is 0 Å². The quantitative estimate of drug-likeness (QED) is 0.0849. The number of fused-ring (bicyclic) bond motifs is 1. The minimum Gasteiger partial charge on any atom is -0.494 e. The molecule has 3 aromatic rings. The maximum Gasteiger partial charge on any atom is 0.243 e. The van der Waals surface area contributed by atoms with E-state index in [1.165, 1.54) is 4.68 Å². The summed E-state index contributed by atoms with van der Waals surface area (Å²) in [6, 6.07) is 12.8. The van der Waals surface area contributed by atoms with Crippen LogP contribution in [0.2, 0.25) is 0 Å². The molecule has 1 saturated heterocycles. The summed E-state index contributed by atoms with van der Waals surface area (Å²) in [5.41, 5.74) is 7.88. The second-order valence-corrected chi connectivity index (χ2v) is 10.4. The number of nitrogens with zero attached hydrogens (tertiary/aromatic N) is 2. The second-order valence-electron chi connectivity index (χ2n) is 10.4. The number of carbonyl (C=O) groups is 1. The Kier molecular flexibility index (Phi) is 11.7. The lowest BCUT2D eigenvalue weighted by molar-refractivity contribution is -0.278. The molecule has 0 bridgehead atoms. The first kappa shape index (κ1) is 32.6. The third-order valence-electron chi connectivity index (χ3n) is 7.28. The largest absolute Gasteiger partial charge is 0.494 e. The Bertz CT molecular complexity index is 1310. The van der Waals surface area contributed by atoms with Crippen molar-refractivity contribution in [2.45, 2.75) is 62.6 Å². The van der Waals surface area contributed by atoms with Crippen LogP contribution in [0.3, 0.4) is 0 Å². The molecule has 1 aliphatic rings. The third-order valence-corrected chi connectivity index (χ3v) is 7.28. The number of benzene rings is 2. The highest BCUT2D eigenvalue weighted by Crippen LogP contribution is 2.32. The third kappa shape index (κ3) is 8.19. The van der Waals surface area contributed by atoms with Gasteiger partial charge in [0.15, 0.2) is 0 Å². The summed E-state index contributed by atoms with van der Waals surface area (Å²) in [5, 5.41) is 66.5. The Balaban J connectivity index is 1.45. The van der Waals surface area contributed by atoms with Gasteiger partial charge >= 0.3 is 0 Å². The molecular formula is C29H40N4O10. The van der Waals surface area contributed by atoms with Gasteiger partial charge in [-0.3, -0.25) is 9.48 Å². The predicted octanol–water partition coefficient (Wildman–Crippen LogP) is -1.80. The van der Waals surface area contributed by atoms with Gasteiger partial charge in [-0.05, 0) is 55.1 Å². The van der Waals surface area contributed by atoms with Crippen LogP contribution in [0.1, 0.15) is 17.5 Å². The van der Waals surface area contributed by atoms with Gasteiger partial charge in [-0.2, -0.15) is 0 Å². The van der Waals surface area contributed by atoms with Crippen LogP contribution in [-0.2, 0) is 28.9 Å². The van der Waals surface area contributed by atoms with Gasteiger partial charge in [0.2, 0.25) is 18.1 Å². The molecule has 1 aliphatic heterocycles. The van der Waals surface area contributed by atoms with Crippen molar-refractivity contribution in [2.75, 3.05) is 33.0 Å². The molecule has 1 amide bonds. The number of aliphatic hydroxyl groups excluding tert-OH is 6. The van der Waals surface area contributed by atoms with Gasteiger partial charge in [0.05, 0.1) is 43.4 Å². The number of ether oxygens (including phenoxy) is 3. The molecule has 5 atom stereocenters. The van der Waals surface area contributed by atoms with Gasteiger partial charge < -0.3 is 55.9 Å². The summed E-state index contributed by atoms with van der Waals surface area (Å²) >= 11 is 0. The van der Waals surface area contributed by atoms with E-state index in [1.807, 2.05) is 36.4 Å². The van der Waals surface area contributed by atoms with Crippen LogP contribution in [0.15, 0.2) is 42.5 Å². The molecular weight excluding hydrogens is 564 g/mol. The predicted molar refractivity (Wildman–Crippen MR) is 153 cm³/mol. The van der Waals surface area contributed by atoms with Crippen LogP contribution in [0, 0.1) is 0 Å². The van der Waals surface area contributed by atoms with Gasteiger partial charge in [-0.1, -0.05) is 24.3 Å². The highest BCUT2D eigenvalue weighted by atomic mass is 16.7. The van der Waals surface area contributed by atoms with E-state index in [0.29, 0.717) is 43.3 Å². The molecule has 14 heteroatoms. The number of nitrogens with one attached hydrogen (secondary N) is 1. The highest BCUT2D eigenvalue weighted by Gasteiger charge is 2.45. The monoisotopic (exact) mass is 604 g/mol. The minimum atomic E-state index is -1.63. The first-order valence-electron chi connectivity index (χ1n) is 14.2. The zero-order chi connectivity index (χ0) is 30.9. The molecule has 43 heavy (non-hydrogen) atoms. The summed E-state index contributed by atoms with van der Waals surface area (Å²) in [7, 11) is 0. The lowest BCUT2D eigenvalue weighted by Crippen LogP contribution is -2.60. The van der Waals surface area contributed by atoms with E-state index in [1.54, 1.807) is 6.07 Å². The summed E-state index contributed by atoms with van der Waals surface area (Å²) in [6.07, 6.45) is -5.47. The summed E-state index contributed by atoms with van der Waals surface area (Å²) in [4.78, 5) is 11.7. The van der Waals surface area contributed by atoms with Crippen molar-refractivity contribution in [3.8, 4) is 11.6 Å². The van der Waals surface area contributed by atoms with Gasteiger partial charge in [0.25, 0.3) is 0 Å². The number of aliphatic hydroxyl groups is 6. The Hall–Kier alpha value is -3.34. The van der Waals surface area contributed by atoms with E-state index >= 15 is 0 Å². The van der Waals surface area contributed by atoms with Crippen molar-refractivity contribution in [1.29, 1.82) is 0 Å². The molecule has 9 N–H and O–H groups in total. The molecule has 0 spiro atoms. The van der Waals surface area contributed by atoms with E-state index in [4.69, 9.17) is 30.2 Å². The summed E-state index contributed by atoms with van der Waals surface area (Å²) in [6.45, 7) is -0.00812. The maximum atomic E-state index is 11.7. The topological polar surface area (TPSA) is 222 Å². The molecule has 0 radical (unpaired) electrons. The number of primary amides is 1. The van der Waals surface area contributed by atoms with Crippen molar-refractivity contribution in [3.63, 3.8) is 0 Å². The first-order chi connectivity index (χ1) is 20.7. The molecule has 2 heterocycles. The lowest BCUT2D eigenvalue weighted by Gasteiger charge is -2.39. The number of amides is 1. The van der Waals surface area contributed by atoms with E-state index in [-0.39, 0.29) is 31.7 Å². The van der Waals surface area contributed by atoms with E-state index in [0.717, 1.165) is 16.9 Å². The average molecular weight is 605 g/mol. The number of hydrogen-bond acceptors (Lipinski definition) is 12. The molecule has 1 fully saturated rings. The fraction of sp³-hybridized carbons (Fsp3) is 0.517. The Labute approximate surface area is 248 Å². The number of aromatic nitrogens is 2. The molecule has 14 nitrogen and oxygen atoms in total. The van der Waals surface area contributed by atoms with Gasteiger partial charge in [0.1, 0.15) is 36.7 Å². The summed E-state index contributed by atoms with van der Waals surface area (Å²) < 4.78 is 18.6. The van der Waals surface area contributed by atoms with Gasteiger partial charge in [0, 0.05) is 0 Å². The van der Waals surface area contributed by atoms with E-state index in [2.05, 4.69) is 10.4 Å². The summed E-state index contributed by atoms with van der Waals surface area (Å²) in [5.74, 6) is 0.139. The number of aryl methyl sites for hydroxylation is 2. The molecule has 0 saturated carbocycles. The number of carbonyl (C=O) groups excluding carboxylic acids is 1. The SMILES string of the molecule is NC(=O)Cn1nc(O[C@@H]2O[C@H](CO)[C@@H](O)[C@H](O)[C@H]2O)c2c(CCc3ccc(OCCCNC(CO)CO)cc3)cccc21. The van der Waals surface area contributed by atoms with Crippen LogP contribution < -0.4 is 20.5 Å². The normalized spacial score (nSPS) is 22.3. The standard InChI is InChI=1S/C29H40N4O10/c30-23(37)13-33-21-4-1-3-18(24(21)28(32-33)43-29-27(40)26(39)25(38)22(16-36)42-29)8-5-17-6-9-20(10-7-17)41-12-2-11-31-19(14-34)15-35/h1,3-4,6-7,9-10,19,22,25-27,29,31,34-36,38-40H,2,5,8,11-16H2,(H2,30,37)/t22-,25-,26+,27-,29+/m1/s1. The second kappa shape index (κ2) is 15.4. The lowest BCUT2D eigenvalue weighted by atomic mass is 9.99. The molecule has 0 unspecified atom stereocenters. The Morgan fingerprint density at radius 3 is 2.44 bits per heavy atom. The first-order valence-corrected chi connectivity index (χ1v) is 14.2. The van der Waals surface area contributed by atoms with Crippen molar-refractivity contribution < 1.29 is 49.6 Å². The van der Waals surface area contributed by atoms with E-state index < -0.39 is 43.2 Å². The maximum absolute atomic E-state index is 11.7. The average Bonchev–Trinajstić information content (AvgIpc) is 3.35. The van der Waals surface area contributed by atoms with Crippen molar-refractivity contribution in [1.82, 2.24) is 15.1 Å². The zero-order valence-electron chi connectivity index (χ0n) is 23.7. The Morgan fingerprint density at radius 2 is 1.77 bits per heavy atom. The van der Waals surface area contributed by atoms with E-state index in [9.17, 15) is 25.2 Å². The van der Waals surface area contributed by atoms with Crippen molar-refractivity contribution in [3.05, 3.63) is 53.6 Å². The van der Waals surface area contributed by atoms with Crippen LogP contribution in [-0.4, -0.2) is 116 Å². The molecule has 1 aromatic heterocycles. The van der Waals surface area contributed by atoms with Crippen LogP contribution in [0.4, 0.5) is 0 Å². The molecule has 2 aromatic carbocycles. The van der Waals surface area contributed by atoms with Crippen molar-refractivity contribution >= 4 is 16.8 Å².